The summed E-state index contributed by atoms with van der Waals surface area (Å²) in [5, 5.41) is 9.73. The van der Waals surface area contributed by atoms with Gasteiger partial charge in [-0.05, 0) is 25.8 Å². The van der Waals surface area contributed by atoms with Gasteiger partial charge in [-0.3, -0.25) is 4.90 Å². The molecule has 1 aliphatic heterocycles. The number of likely N-dealkylation sites (tertiary alicyclic amines) is 1. The van der Waals surface area contributed by atoms with Gasteiger partial charge in [-0.25, -0.2) is 9.97 Å². The third-order valence-electron chi connectivity index (χ3n) is 3.99. The van der Waals surface area contributed by atoms with Gasteiger partial charge in [0.25, 0.3) is 0 Å². The van der Waals surface area contributed by atoms with Gasteiger partial charge in [0.05, 0.1) is 0 Å². The Kier molecular flexibility index (Phi) is 4.71. The number of nitrogens with two attached hydrogens (primary N) is 1. The minimum atomic E-state index is 0.0850. The minimum absolute atomic E-state index is 0.0850. The monoisotopic (exact) mass is 264 g/mol. The van der Waals surface area contributed by atoms with E-state index >= 15 is 0 Å². The van der Waals surface area contributed by atoms with Crippen LogP contribution in [0.2, 0.25) is 0 Å². The highest BCUT2D eigenvalue weighted by Gasteiger charge is 2.33. The Bertz CT molecular complexity index is 391. The zero-order valence-corrected chi connectivity index (χ0v) is 11.7. The van der Waals surface area contributed by atoms with E-state index in [-0.39, 0.29) is 12.0 Å². The van der Waals surface area contributed by atoms with E-state index in [0.29, 0.717) is 5.95 Å². The second-order valence-corrected chi connectivity index (χ2v) is 5.67. The van der Waals surface area contributed by atoms with Gasteiger partial charge in [0, 0.05) is 43.1 Å². The highest BCUT2D eigenvalue weighted by Crippen LogP contribution is 2.34. The van der Waals surface area contributed by atoms with Crippen molar-refractivity contribution in [3.63, 3.8) is 0 Å². The van der Waals surface area contributed by atoms with Crippen molar-refractivity contribution >= 4 is 5.95 Å². The predicted octanol–water partition coefficient (Wildman–Crippen LogP) is 1.43. The third-order valence-corrected chi connectivity index (χ3v) is 3.99. The Morgan fingerprint density at radius 2 is 2.16 bits per heavy atom. The lowest BCUT2D eigenvalue weighted by molar-refractivity contribution is 0.0215. The van der Waals surface area contributed by atoms with E-state index in [1.807, 2.05) is 0 Å². The molecule has 5 heteroatoms. The molecular weight excluding hydrogens is 240 g/mol. The van der Waals surface area contributed by atoms with Crippen LogP contribution in [0.1, 0.15) is 38.2 Å². The average molecular weight is 264 g/mol. The molecule has 3 N–H and O–H groups in total. The first-order valence-electron chi connectivity index (χ1n) is 7.07. The number of hydrogen-bond donors (Lipinski definition) is 2. The number of aromatic nitrogens is 2. The molecule has 106 valence electrons. The van der Waals surface area contributed by atoms with E-state index in [1.54, 1.807) is 12.4 Å². The Hall–Kier alpha value is -1.20. The third kappa shape index (κ3) is 3.64. The second-order valence-electron chi connectivity index (χ2n) is 5.67. The molecule has 1 aromatic rings. The summed E-state index contributed by atoms with van der Waals surface area (Å²) in [5.41, 5.74) is 6.66. The molecule has 5 nitrogen and oxygen atoms in total. The van der Waals surface area contributed by atoms with Crippen molar-refractivity contribution in [1.82, 2.24) is 14.9 Å². The molecule has 2 heterocycles. The Labute approximate surface area is 114 Å². The summed E-state index contributed by atoms with van der Waals surface area (Å²) in [5.74, 6) is 0.318. The van der Waals surface area contributed by atoms with E-state index in [1.165, 1.54) is 0 Å². The molecule has 0 spiro atoms. The predicted molar refractivity (Wildman–Crippen MR) is 75.4 cm³/mol. The molecule has 0 radical (unpaired) electrons. The van der Waals surface area contributed by atoms with Crippen molar-refractivity contribution in [3.05, 3.63) is 18.0 Å². The molecule has 0 saturated carbocycles. The number of nitrogens with zero attached hydrogens (tertiary/aromatic N) is 3. The van der Waals surface area contributed by atoms with Crippen LogP contribution in [0, 0.1) is 5.41 Å². The number of piperidine rings is 1. The van der Waals surface area contributed by atoms with Crippen LogP contribution in [0.25, 0.3) is 0 Å². The summed E-state index contributed by atoms with van der Waals surface area (Å²) in [6.07, 6.45) is 8.08. The molecule has 2 rings (SSSR count). The summed E-state index contributed by atoms with van der Waals surface area (Å²) in [6, 6.07) is 0. The lowest BCUT2D eigenvalue weighted by atomic mass is 9.77. The maximum Gasteiger partial charge on any atom is 0.219 e. The number of aliphatic hydroxyl groups excluding tert-OH is 1. The molecule has 1 saturated heterocycles. The van der Waals surface area contributed by atoms with Crippen LogP contribution >= 0.6 is 0 Å². The number of aliphatic hydroxyl groups is 1. The smallest absolute Gasteiger partial charge is 0.219 e. The van der Waals surface area contributed by atoms with E-state index in [9.17, 15) is 5.11 Å². The number of anilines is 1. The van der Waals surface area contributed by atoms with Gasteiger partial charge < -0.3 is 10.8 Å². The van der Waals surface area contributed by atoms with E-state index in [2.05, 4.69) is 21.8 Å². The average Bonchev–Trinajstić information content (AvgIpc) is 2.42. The normalized spacial score (nSPS) is 24.5. The van der Waals surface area contributed by atoms with Crippen LogP contribution in [-0.2, 0) is 6.54 Å². The highest BCUT2D eigenvalue weighted by atomic mass is 16.3. The SMILES string of the molecule is CCC[C@@]1(CO)CCCN(Cc2cnc(N)nc2)C1. The second kappa shape index (κ2) is 6.30. The molecule has 1 fully saturated rings. The lowest BCUT2D eigenvalue weighted by Crippen LogP contribution is -2.44. The molecular formula is C14H24N4O. The maximum absolute atomic E-state index is 9.73. The van der Waals surface area contributed by atoms with Gasteiger partial charge in [0.2, 0.25) is 5.95 Å². The molecule has 0 bridgehead atoms. The van der Waals surface area contributed by atoms with Crippen molar-refractivity contribution in [2.75, 3.05) is 25.4 Å². The quantitative estimate of drug-likeness (QED) is 0.841. The van der Waals surface area contributed by atoms with Gasteiger partial charge in [-0.2, -0.15) is 0 Å². The van der Waals surface area contributed by atoms with E-state index in [0.717, 1.165) is 50.9 Å². The standard InChI is InChI=1S/C14H24N4O/c1-2-4-14(11-19)5-3-6-18(10-14)9-12-7-16-13(15)17-8-12/h7-8,19H,2-6,9-11H2,1H3,(H2,15,16,17)/t14-/m1/s1. The summed E-state index contributed by atoms with van der Waals surface area (Å²) in [6.45, 7) is 5.35. The molecule has 1 aromatic heterocycles. The molecule has 0 aromatic carbocycles. The van der Waals surface area contributed by atoms with Crippen LogP contribution < -0.4 is 5.73 Å². The number of rotatable bonds is 5. The molecule has 0 amide bonds. The first-order chi connectivity index (χ1) is 9.17. The molecule has 1 atom stereocenters. The van der Waals surface area contributed by atoms with Crippen LogP contribution in [0.15, 0.2) is 12.4 Å². The first-order valence-corrected chi connectivity index (χ1v) is 7.07. The van der Waals surface area contributed by atoms with Crippen molar-refractivity contribution in [2.24, 2.45) is 5.41 Å². The fourth-order valence-electron chi connectivity index (χ4n) is 3.09. The fraction of sp³-hybridized carbons (Fsp3) is 0.714. The molecule has 1 aliphatic rings. The number of hydrogen-bond acceptors (Lipinski definition) is 5. The van der Waals surface area contributed by atoms with Crippen LogP contribution in [-0.4, -0.2) is 39.7 Å². The zero-order valence-electron chi connectivity index (χ0n) is 11.7. The summed E-state index contributed by atoms with van der Waals surface area (Å²) < 4.78 is 0. The van der Waals surface area contributed by atoms with Crippen molar-refractivity contribution < 1.29 is 5.11 Å². The molecule has 0 unspecified atom stereocenters. The molecule has 19 heavy (non-hydrogen) atoms. The van der Waals surface area contributed by atoms with Gasteiger partial charge in [-0.15, -0.1) is 0 Å². The minimum Gasteiger partial charge on any atom is -0.396 e. The van der Waals surface area contributed by atoms with Crippen LogP contribution in [0.5, 0.6) is 0 Å². The largest absolute Gasteiger partial charge is 0.396 e. The summed E-state index contributed by atoms with van der Waals surface area (Å²) in [7, 11) is 0. The van der Waals surface area contributed by atoms with Crippen LogP contribution in [0.4, 0.5) is 5.95 Å². The summed E-state index contributed by atoms with van der Waals surface area (Å²) in [4.78, 5) is 10.4. The van der Waals surface area contributed by atoms with Gasteiger partial charge in [-0.1, -0.05) is 13.3 Å². The zero-order chi connectivity index (χ0) is 13.7. The van der Waals surface area contributed by atoms with Gasteiger partial charge in [0.1, 0.15) is 0 Å². The lowest BCUT2D eigenvalue weighted by Gasteiger charge is -2.42. The highest BCUT2D eigenvalue weighted by molar-refractivity contribution is 5.17. The topological polar surface area (TPSA) is 75.3 Å². The van der Waals surface area contributed by atoms with Gasteiger partial charge >= 0.3 is 0 Å². The van der Waals surface area contributed by atoms with E-state index < -0.39 is 0 Å². The van der Waals surface area contributed by atoms with Gasteiger partial charge in [0.15, 0.2) is 0 Å². The van der Waals surface area contributed by atoms with Crippen molar-refractivity contribution in [3.8, 4) is 0 Å². The van der Waals surface area contributed by atoms with Crippen molar-refractivity contribution in [1.29, 1.82) is 0 Å². The Balaban J connectivity index is 1.99. The molecule has 0 aliphatic carbocycles. The first kappa shape index (κ1) is 14.2. The fourth-order valence-corrected chi connectivity index (χ4v) is 3.09. The van der Waals surface area contributed by atoms with E-state index in [4.69, 9.17) is 5.73 Å². The van der Waals surface area contributed by atoms with Crippen molar-refractivity contribution in [2.45, 2.75) is 39.2 Å². The maximum atomic E-state index is 9.73. The summed E-state index contributed by atoms with van der Waals surface area (Å²) >= 11 is 0. The Morgan fingerprint density at radius 1 is 1.42 bits per heavy atom. The Morgan fingerprint density at radius 3 is 2.79 bits per heavy atom. The van der Waals surface area contributed by atoms with Crippen LogP contribution in [0.3, 0.4) is 0 Å². The number of nitrogen functional groups attached to an aromatic ring is 1.